The molecule has 6 nitrogen and oxygen atoms in total. The van der Waals surface area contributed by atoms with Gasteiger partial charge in [-0.2, -0.15) is 26.3 Å². The normalized spacial score (nSPS) is 22.0. The fourth-order valence-corrected chi connectivity index (χ4v) is 6.86. The van der Waals surface area contributed by atoms with Gasteiger partial charge in [0.05, 0.1) is 22.8 Å². The Morgan fingerprint density at radius 1 is 0.837 bits per heavy atom. The third kappa shape index (κ3) is 8.76. The lowest BCUT2D eigenvalue weighted by Crippen LogP contribution is -2.39. The largest absolute Gasteiger partial charge is 0.459 e. The lowest BCUT2D eigenvalue weighted by atomic mass is 9.68. The van der Waals surface area contributed by atoms with Gasteiger partial charge in [0.25, 0.3) is 0 Å². The smallest absolute Gasteiger partial charge is 0.416 e. The van der Waals surface area contributed by atoms with Crippen LogP contribution in [-0.2, 0) is 26.6 Å². The molecule has 12 heteroatoms. The van der Waals surface area contributed by atoms with Gasteiger partial charge < -0.3 is 19.1 Å². The number of hydrogen-bond donors (Lipinski definition) is 0. The van der Waals surface area contributed by atoms with Crippen molar-refractivity contribution in [2.45, 2.75) is 76.6 Å². The first-order valence-electron chi connectivity index (χ1n) is 16.1. The molecule has 0 aromatic heterocycles. The highest BCUT2D eigenvalue weighted by Crippen LogP contribution is 2.49. The monoisotopic (exact) mass is 691 g/mol. The predicted octanol–water partition coefficient (Wildman–Crippen LogP) is 9.38. The van der Waals surface area contributed by atoms with E-state index in [2.05, 4.69) is 0 Å². The van der Waals surface area contributed by atoms with Crippen LogP contribution in [0.25, 0.3) is 0 Å². The van der Waals surface area contributed by atoms with E-state index in [1.165, 1.54) is 12.1 Å². The van der Waals surface area contributed by atoms with Crippen molar-refractivity contribution in [3.63, 3.8) is 0 Å². The van der Waals surface area contributed by atoms with Gasteiger partial charge in [0, 0.05) is 19.0 Å². The maximum absolute atomic E-state index is 13.9. The lowest BCUT2D eigenvalue weighted by Gasteiger charge is -2.41. The first-order chi connectivity index (χ1) is 22.9. The highest BCUT2D eigenvalue weighted by molar-refractivity contribution is 5.89. The third-order valence-corrected chi connectivity index (χ3v) is 9.07. The molecule has 5 rings (SSSR count). The fourth-order valence-electron chi connectivity index (χ4n) is 6.86. The van der Waals surface area contributed by atoms with Gasteiger partial charge in [0.1, 0.15) is 18.3 Å². The van der Waals surface area contributed by atoms with Crippen LogP contribution in [0.5, 0.6) is 0 Å². The van der Waals surface area contributed by atoms with E-state index in [0.29, 0.717) is 38.1 Å². The van der Waals surface area contributed by atoms with Gasteiger partial charge in [-0.3, -0.25) is 0 Å². The average molecular weight is 692 g/mol. The molecule has 3 aromatic rings. The van der Waals surface area contributed by atoms with E-state index in [0.717, 1.165) is 11.1 Å². The predicted molar refractivity (Wildman–Crippen MR) is 169 cm³/mol. The number of esters is 1. The number of benzene rings is 3. The van der Waals surface area contributed by atoms with Gasteiger partial charge in [-0.1, -0.05) is 42.5 Å². The molecule has 2 aliphatic rings. The molecule has 1 amide bonds. The Morgan fingerprint density at radius 2 is 1.45 bits per heavy atom. The van der Waals surface area contributed by atoms with E-state index >= 15 is 0 Å². The summed E-state index contributed by atoms with van der Waals surface area (Å²) in [5.74, 6) is -1.28. The summed E-state index contributed by atoms with van der Waals surface area (Å²) < 4.78 is 101. The number of nitrogens with zero attached hydrogens (tertiary/aromatic N) is 1. The summed E-state index contributed by atoms with van der Waals surface area (Å²) >= 11 is 0. The minimum atomic E-state index is -5.09. The zero-order valence-corrected chi connectivity index (χ0v) is 27.6. The van der Waals surface area contributed by atoms with Crippen molar-refractivity contribution >= 4 is 12.1 Å². The second kappa shape index (κ2) is 14.0. The Kier molecular flexibility index (Phi) is 10.4. The van der Waals surface area contributed by atoms with Gasteiger partial charge in [-0.05, 0) is 99.4 Å². The quantitative estimate of drug-likeness (QED) is 0.183. The molecule has 3 aromatic carbocycles. The van der Waals surface area contributed by atoms with E-state index in [9.17, 15) is 35.9 Å². The summed E-state index contributed by atoms with van der Waals surface area (Å²) in [6.45, 7) is 7.37. The summed E-state index contributed by atoms with van der Waals surface area (Å²) in [6.07, 6.45) is -11.8. The van der Waals surface area contributed by atoms with Crippen molar-refractivity contribution in [1.82, 2.24) is 4.90 Å². The molecule has 1 saturated heterocycles. The van der Waals surface area contributed by atoms with Crippen molar-refractivity contribution in [3.8, 4) is 0 Å². The Labute approximate surface area is 281 Å². The van der Waals surface area contributed by atoms with Gasteiger partial charge >= 0.3 is 24.4 Å². The van der Waals surface area contributed by atoms with Crippen LogP contribution in [0.2, 0.25) is 0 Å². The zero-order valence-electron chi connectivity index (χ0n) is 27.6. The maximum Gasteiger partial charge on any atom is 0.416 e. The van der Waals surface area contributed by atoms with Crippen molar-refractivity contribution in [3.05, 3.63) is 106 Å². The molecule has 0 N–H and O–H groups in total. The van der Waals surface area contributed by atoms with E-state index in [1.54, 1.807) is 43.9 Å². The number of amides is 1. The number of likely N-dealkylation sites (tertiary alicyclic amines) is 1. The van der Waals surface area contributed by atoms with E-state index in [4.69, 9.17) is 14.2 Å². The summed E-state index contributed by atoms with van der Waals surface area (Å²) in [6, 6.07) is 16.7. The van der Waals surface area contributed by atoms with Gasteiger partial charge in [-0.25, -0.2) is 9.59 Å². The summed E-state index contributed by atoms with van der Waals surface area (Å²) in [5.41, 5.74) is -2.15. The van der Waals surface area contributed by atoms with E-state index in [-0.39, 0.29) is 29.4 Å². The topological polar surface area (TPSA) is 65.1 Å². The van der Waals surface area contributed by atoms with E-state index in [1.807, 2.05) is 31.2 Å². The molecule has 1 saturated carbocycles. The number of carbonyl (C=O) groups excluding carboxylic acids is 2. The van der Waals surface area contributed by atoms with Crippen LogP contribution >= 0.6 is 0 Å². The first-order valence-corrected chi connectivity index (χ1v) is 16.1. The van der Waals surface area contributed by atoms with Crippen LogP contribution in [0.4, 0.5) is 31.1 Å². The van der Waals surface area contributed by atoms with Crippen LogP contribution < -0.4 is 0 Å². The Balaban J connectivity index is 1.53. The molecule has 1 aliphatic carbocycles. The molecule has 0 unspecified atom stereocenters. The Morgan fingerprint density at radius 3 is 2.04 bits per heavy atom. The SMILES string of the molecule is Cc1ccccc1[C@H]1[C@@H]2CN(C(=O)OC(C)(C)C)C[C@H]2CC[C@@H]1O[C@H](COC(=O)c1ccccc1)c1cc(C(F)(F)F)cc(C(F)(F)F)c1. The number of rotatable bonds is 7. The van der Waals surface area contributed by atoms with Crippen LogP contribution in [0, 0.1) is 18.8 Å². The number of ether oxygens (including phenoxy) is 3. The number of carbonyl (C=O) groups is 2. The van der Waals surface area contributed by atoms with E-state index < -0.39 is 65.5 Å². The minimum Gasteiger partial charge on any atom is -0.459 e. The molecule has 1 heterocycles. The van der Waals surface area contributed by atoms with Gasteiger partial charge in [0.2, 0.25) is 0 Å². The van der Waals surface area contributed by atoms with Crippen LogP contribution in [-0.4, -0.2) is 48.4 Å². The number of aryl methyl sites for hydroxylation is 1. The molecule has 49 heavy (non-hydrogen) atoms. The van der Waals surface area contributed by atoms with Gasteiger partial charge in [0.15, 0.2) is 0 Å². The van der Waals surface area contributed by atoms with Crippen molar-refractivity contribution in [1.29, 1.82) is 0 Å². The lowest BCUT2D eigenvalue weighted by molar-refractivity contribution is -0.143. The summed E-state index contributed by atoms with van der Waals surface area (Å²) in [5, 5.41) is 0. The highest BCUT2D eigenvalue weighted by Gasteiger charge is 2.48. The standard InChI is InChI=1S/C37H39F6NO5/c1-22-10-8-9-13-28(22)32-29-20-44(34(46)49-35(2,3)4)19-24(29)14-15-30(32)48-31(21-47-33(45)23-11-6-5-7-12-23)25-16-26(36(38,39)40)18-27(17-25)37(41,42)43/h5-13,16-18,24,29-32H,14-15,19-21H2,1-4H3/t24-,29-,30+,31-,32+/m1/s1. The minimum absolute atomic E-state index is 0.0525. The van der Waals surface area contributed by atoms with Crippen LogP contribution in [0.1, 0.15) is 83.8 Å². The van der Waals surface area contributed by atoms with Crippen molar-refractivity contribution in [2.75, 3.05) is 19.7 Å². The van der Waals surface area contributed by atoms with Crippen LogP contribution in [0.15, 0.2) is 72.8 Å². The number of halogens is 6. The molecule has 1 aliphatic heterocycles. The molecular formula is C37H39F6NO5. The highest BCUT2D eigenvalue weighted by atomic mass is 19.4. The Bertz CT molecular complexity index is 1600. The second-order valence-electron chi connectivity index (χ2n) is 13.7. The fraction of sp³-hybridized carbons (Fsp3) is 0.459. The molecule has 2 fully saturated rings. The summed E-state index contributed by atoms with van der Waals surface area (Å²) in [7, 11) is 0. The van der Waals surface area contributed by atoms with Crippen molar-refractivity contribution < 1.29 is 50.1 Å². The third-order valence-electron chi connectivity index (χ3n) is 9.07. The molecule has 0 spiro atoms. The average Bonchev–Trinajstić information content (AvgIpc) is 3.47. The molecule has 0 bridgehead atoms. The molecule has 0 radical (unpaired) electrons. The van der Waals surface area contributed by atoms with Crippen LogP contribution in [0.3, 0.4) is 0 Å². The zero-order chi connectivity index (χ0) is 35.7. The molecule has 5 atom stereocenters. The van der Waals surface area contributed by atoms with Crippen molar-refractivity contribution in [2.24, 2.45) is 11.8 Å². The maximum atomic E-state index is 13.9. The Hall–Kier alpha value is -4.06. The number of alkyl halides is 6. The first kappa shape index (κ1) is 36.2. The number of fused-ring (bicyclic) bond motifs is 1. The molecular weight excluding hydrogens is 652 g/mol. The van der Waals surface area contributed by atoms with Gasteiger partial charge in [-0.15, -0.1) is 0 Å². The second-order valence-corrected chi connectivity index (χ2v) is 13.7. The molecule has 264 valence electrons. The number of hydrogen-bond acceptors (Lipinski definition) is 5. The summed E-state index contributed by atoms with van der Waals surface area (Å²) in [4.78, 5) is 27.7.